The molecule has 59 heavy (non-hydrogen) atoms. The predicted molar refractivity (Wildman–Crippen MR) is 223 cm³/mol. The average molecular weight is 897 g/mol. The summed E-state index contributed by atoms with van der Waals surface area (Å²) < 4.78 is 82.5. The number of pyridine rings is 2. The van der Waals surface area contributed by atoms with Crippen molar-refractivity contribution < 1.29 is 39.0 Å². The van der Waals surface area contributed by atoms with Crippen molar-refractivity contribution in [2.75, 3.05) is 29.6 Å². The van der Waals surface area contributed by atoms with Crippen LogP contribution in [-0.2, 0) is 43.9 Å². The summed E-state index contributed by atoms with van der Waals surface area (Å²) in [4.78, 5) is 47.7. The van der Waals surface area contributed by atoms with Crippen molar-refractivity contribution >= 4 is 74.9 Å². The van der Waals surface area contributed by atoms with Crippen LogP contribution in [0.3, 0.4) is 0 Å². The molecule has 4 heterocycles. The fourth-order valence-electron chi connectivity index (χ4n) is 5.87. The first-order valence-electron chi connectivity index (χ1n) is 17.2. The van der Waals surface area contributed by atoms with E-state index < -0.39 is 59.8 Å². The average Bonchev–Trinajstić information content (AvgIpc) is 3.82. The molecule has 2 aromatic carbocycles. The molecule has 0 saturated heterocycles. The summed E-state index contributed by atoms with van der Waals surface area (Å²) in [6, 6.07) is 23.3. The first-order valence-corrected chi connectivity index (χ1v) is 23.5. The highest BCUT2D eigenvalue weighted by molar-refractivity contribution is 7.91. The maximum atomic E-state index is 14.3. The molecule has 0 aliphatic rings. The van der Waals surface area contributed by atoms with Crippen LogP contribution in [-0.4, -0.2) is 76.9 Å². The Bertz CT molecular complexity index is 2650. The minimum absolute atomic E-state index is 0.0306. The van der Waals surface area contributed by atoms with Gasteiger partial charge in [-0.15, -0.1) is 0 Å². The Hall–Kier alpha value is -5.33. The van der Waals surface area contributed by atoms with Crippen molar-refractivity contribution in [3.05, 3.63) is 120 Å². The molecule has 6 rings (SSSR count). The third kappa shape index (κ3) is 9.93. The van der Waals surface area contributed by atoms with Gasteiger partial charge in [0.15, 0.2) is 24.8 Å². The number of anilines is 2. The Kier molecular flexibility index (Phi) is 12.5. The molecular weight excluding hydrogens is 861 g/mol. The molecule has 6 aromatic rings. The number of aromatic nitrogens is 4. The molecule has 22 heteroatoms. The molecule has 0 saturated carbocycles. The van der Waals surface area contributed by atoms with Crippen molar-refractivity contribution in [3.8, 4) is 22.5 Å². The van der Waals surface area contributed by atoms with Crippen LogP contribution in [0.2, 0.25) is 0 Å². The second-order valence-corrected chi connectivity index (χ2v) is 20.2. The highest BCUT2D eigenvalue weighted by Crippen LogP contribution is 2.35. The van der Waals surface area contributed by atoms with Gasteiger partial charge in [-0.2, -0.15) is 8.42 Å². The van der Waals surface area contributed by atoms with E-state index in [2.05, 4.69) is 19.9 Å². The largest absolute Gasteiger partial charge is 0.291 e. The fourth-order valence-corrected chi connectivity index (χ4v) is 11.0. The number of carbonyl (C=O) groups excluding carboxylic acids is 2. The maximum absolute atomic E-state index is 14.3. The van der Waals surface area contributed by atoms with Crippen molar-refractivity contribution in [1.82, 2.24) is 19.9 Å². The summed E-state index contributed by atoms with van der Waals surface area (Å²) in [5.41, 5.74) is 2.96. The van der Waals surface area contributed by atoms with Crippen LogP contribution in [0.5, 0.6) is 0 Å². The van der Waals surface area contributed by atoms with Crippen LogP contribution in [0.25, 0.3) is 22.5 Å². The SMILES string of the molecule is Cc1nc(N(C)C(=O)C(CS(=O)(=O)OC(C(=O)N(C)c2nc(C)c(S(N)(=O)=O)s2)c2ccc(-c3ccccn3)cc2)c2ccc(-c3ccccn3)cc2)sc1S(N)(=O)=O. The quantitative estimate of drug-likeness (QED) is 0.146. The van der Waals surface area contributed by atoms with Crippen molar-refractivity contribution in [1.29, 1.82) is 0 Å². The van der Waals surface area contributed by atoms with Crippen molar-refractivity contribution in [2.45, 2.75) is 34.3 Å². The van der Waals surface area contributed by atoms with E-state index in [-0.39, 0.29) is 41.2 Å². The molecule has 2 unspecified atom stereocenters. The van der Waals surface area contributed by atoms with Gasteiger partial charge in [0.05, 0.1) is 34.4 Å². The van der Waals surface area contributed by atoms with Crippen LogP contribution >= 0.6 is 22.7 Å². The zero-order chi connectivity index (χ0) is 42.9. The summed E-state index contributed by atoms with van der Waals surface area (Å²) in [6.45, 7) is 2.80. The number of sulfonamides is 2. The fraction of sp³-hybridized carbons (Fsp3) is 0.189. The number of amides is 2. The van der Waals surface area contributed by atoms with Gasteiger partial charge < -0.3 is 0 Å². The normalized spacial score (nSPS) is 13.1. The van der Waals surface area contributed by atoms with Gasteiger partial charge in [0.25, 0.3) is 16.0 Å². The molecule has 0 aliphatic carbocycles. The van der Waals surface area contributed by atoms with E-state index in [9.17, 15) is 34.8 Å². The van der Waals surface area contributed by atoms with E-state index in [1.807, 2.05) is 0 Å². The van der Waals surface area contributed by atoms with E-state index >= 15 is 0 Å². The Morgan fingerprint density at radius 1 is 0.644 bits per heavy atom. The minimum Gasteiger partial charge on any atom is -0.291 e. The summed E-state index contributed by atoms with van der Waals surface area (Å²) in [5.74, 6) is -4.21. The van der Waals surface area contributed by atoms with Gasteiger partial charge >= 0.3 is 0 Å². The van der Waals surface area contributed by atoms with Crippen molar-refractivity contribution in [3.63, 3.8) is 0 Å². The van der Waals surface area contributed by atoms with Gasteiger partial charge in [-0.25, -0.2) is 37.1 Å². The second kappa shape index (κ2) is 17.1. The van der Waals surface area contributed by atoms with E-state index in [0.29, 0.717) is 45.2 Å². The number of aryl methyl sites for hydroxylation is 2. The maximum Gasteiger partial charge on any atom is 0.269 e. The lowest BCUT2D eigenvalue weighted by Gasteiger charge is -2.25. The Morgan fingerprint density at radius 2 is 1.07 bits per heavy atom. The number of nitrogens with two attached hydrogens (primary N) is 2. The summed E-state index contributed by atoms with van der Waals surface area (Å²) in [7, 11) is -10.7. The summed E-state index contributed by atoms with van der Waals surface area (Å²) in [5, 5.41) is 10.5. The standard InChI is InChI=1S/C37H36N8O9S5/c1-22-34(58(38,50)51)55-36(42-22)44(3)32(46)28(24-11-13-25(14-12-24)29-9-5-7-19-40-29)21-57(48,49)54-31(27-17-15-26(16-18-27)30-10-6-8-20-41-30)33(47)45(4)37-43-23(2)35(56-37)59(39,52)53/h5-20,28,31H,21H2,1-4H3,(H2,38,50,51)(H2,39,52,53). The lowest BCUT2D eigenvalue weighted by Crippen LogP contribution is -2.37. The first-order chi connectivity index (χ1) is 27.7. The van der Waals surface area contributed by atoms with E-state index in [4.69, 9.17) is 14.5 Å². The van der Waals surface area contributed by atoms with Gasteiger partial charge in [0, 0.05) is 37.6 Å². The first kappa shape index (κ1) is 43.3. The Labute approximate surface area is 348 Å². The number of nitrogens with zero attached hydrogens (tertiary/aromatic N) is 6. The third-order valence-corrected chi connectivity index (χ3v) is 15.6. The third-order valence-electron chi connectivity index (χ3n) is 8.82. The molecule has 0 bridgehead atoms. The van der Waals surface area contributed by atoms with E-state index in [1.54, 1.807) is 85.2 Å². The van der Waals surface area contributed by atoms with Crippen LogP contribution in [0.4, 0.5) is 10.3 Å². The van der Waals surface area contributed by atoms with E-state index in [1.165, 1.54) is 40.1 Å². The molecule has 4 N–H and O–H groups in total. The number of likely N-dealkylation sites (N-methyl/N-ethyl adjacent to an activating group) is 2. The molecular formula is C37H36N8O9S5. The Balaban J connectivity index is 1.38. The molecule has 4 aromatic heterocycles. The summed E-state index contributed by atoms with van der Waals surface area (Å²) >= 11 is 1.25. The number of carbonyl (C=O) groups is 2. The molecule has 0 aliphatic heterocycles. The zero-order valence-electron chi connectivity index (χ0n) is 31.7. The van der Waals surface area contributed by atoms with Crippen LogP contribution in [0.1, 0.15) is 34.5 Å². The lowest BCUT2D eigenvalue weighted by atomic mass is 9.97. The molecule has 0 radical (unpaired) electrons. The van der Waals surface area contributed by atoms with Crippen LogP contribution in [0.15, 0.2) is 106 Å². The molecule has 0 fully saturated rings. The smallest absolute Gasteiger partial charge is 0.269 e. The van der Waals surface area contributed by atoms with Crippen LogP contribution in [0, 0.1) is 13.8 Å². The molecule has 308 valence electrons. The van der Waals surface area contributed by atoms with Gasteiger partial charge in [0.2, 0.25) is 26.0 Å². The monoisotopic (exact) mass is 896 g/mol. The van der Waals surface area contributed by atoms with Crippen molar-refractivity contribution in [2.24, 2.45) is 10.3 Å². The van der Waals surface area contributed by atoms with Crippen LogP contribution < -0.4 is 20.1 Å². The van der Waals surface area contributed by atoms with Gasteiger partial charge in [-0.3, -0.25) is 33.5 Å². The van der Waals surface area contributed by atoms with Gasteiger partial charge in [0.1, 0.15) is 0 Å². The topological polar surface area (TPSA) is 256 Å². The molecule has 0 spiro atoms. The molecule has 2 atom stereocenters. The summed E-state index contributed by atoms with van der Waals surface area (Å²) in [6.07, 6.45) is 1.35. The van der Waals surface area contributed by atoms with Gasteiger partial charge in [-0.05, 0) is 49.2 Å². The van der Waals surface area contributed by atoms with E-state index in [0.717, 1.165) is 9.80 Å². The minimum atomic E-state index is -4.86. The lowest BCUT2D eigenvalue weighted by molar-refractivity contribution is -0.125. The highest BCUT2D eigenvalue weighted by atomic mass is 32.3. The highest BCUT2D eigenvalue weighted by Gasteiger charge is 2.37. The zero-order valence-corrected chi connectivity index (χ0v) is 35.7. The molecule has 17 nitrogen and oxygen atoms in total. The second-order valence-electron chi connectivity index (χ2n) is 13.1. The Morgan fingerprint density at radius 3 is 1.46 bits per heavy atom. The number of hydrogen-bond donors (Lipinski definition) is 2. The number of hydrogen-bond acceptors (Lipinski definition) is 15. The van der Waals surface area contributed by atoms with Gasteiger partial charge in [-0.1, -0.05) is 83.3 Å². The number of primary sulfonamides is 2. The number of benzene rings is 2. The predicted octanol–water partition coefficient (Wildman–Crippen LogP) is 4.13. The number of thiazole rings is 2. The number of rotatable bonds is 14. The molecule has 2 amide bonds.